The molecule has 80 valence electrons. The maximum absolute atomic E-state index is 2.37. The Morgan fingerprint density at radius 3 is 2.60 bits per heavy atom. The molecule has 1 heterocycles. The van der Waals surface area contributed by atoms with E-state index < -0.39 is 0 Å². The summed E-state index contributed by atoms with van der Waals surface area (Å²) in [5, 5.41) is 1.37. The molecule has 1 nitrogen and oxygen atoms in total. The minimum atomic E-state index is 1.14. The first-order valence-corrected chi connectivity index (χ1v) is 5.78. The SMILES string of the molecule is CCCCn1ccc2cc(C)c(C)cc21. The highest BCUT2D eigenvalue weighted by Crippen LogP contribution is 2.20. The fraction of sp³-hybridized carbons (Fsp3) is 0.429. The number of hydrogen-bond donors (Lipinski definition) is 0. The quantitative estimate of drug-likeness (QED) is 0.705. The second-order valence-corrected chi connectivity index (χ2v) is 4.36. The Bertz CT molecular complexity index is 465. The number of benzene rings is 1. The lowest BCUT2D eigenvalue weighted by molar-refractivity contribution is 0.650. The minimum absolute atomic E-state index is 1.14. The molecule has 0 unspecified atom stereocenters. The largest absolute Gasteiger partial charge is 0.347 e. The van der Waals surface area contributed by atoms with Crippen molar-refractivity contribution >= 4 is 10.9 Å². The van der Waals surface area contributed by atoms with Gasteiger partial charge in [-0.3, -0.25) is 0 Å². The molecule has 0 aliphatic carbocycles. The van der Waals surface area contributed by atoms with Crippen LogP contribution in [0.15, 0.2) is 24.4 Å². The van der Waals surface area contributed by atoms with Gasteiger partial charge in [0.25, 0.3) is 0 Å². The molecule has 0 saturated carbocycles. The molecule has 0 radical (unpaired) electrons. The first kappa shape index (κ1) is 10.3. The maximum atomic E-state index is 2.37. The number of aromatic nitrogens is 1. The Labute approximate surface area is 91.7 Å². The van der Waals surface area contributed by atoms with E-state index in [2.05, 4.69) is 49.7 Å². The van der Waals surface area contributed by atoms with Gasteiger partial charge in [-0.05, 0) is 55.0 Å². The molecule has 1 heteroatoms. The lowest BCUT2D eigenvalue weighted by atomic mass is 10.1. The number of hydrogen-bond acceptors (Lipinski definition) is 0. The second kappa shape index (κ2) is 4.09. The molecule has 1 aromatic heterocycles. The molecule has 2 rings (SSSR count). The third-order valence-corrected chi connectivity index (χ3v) is 3.14. The summed E-state index contributed by atoms with van der Waals surface area (Å²) < 4.78 is 2.37. The van der Waals surface area contributed by atoms with E-state index in [1.807, 2.05) is 0 Å². The monoisotopic (exact) mass is 201 g/mol. The lowest BCUT2D eigenvalue weighted by Crippen LogP contribution is -1.95. The summed E-state index contributed by atoms with van der Waals surface area (Å²) in [6.45, 7) is 7.74. The Hall–Kier alpha value is -1.24. The number of nitrogens with zero attached hydrogens (tertiary/aromatic N) is 1. The standard InChI is InChI=1S/C14H19N/c1-4-5-7-15-8-6-13-9-11(2)12(3)10-14(13)15/h6,8-10H,4-5,7H2,1-3H3. The molecular formula is C14H19N. The van der Waals surface area contributed by atoms with Crippen molar-refractivity contribution in [1.29, 1.82) is 0 Å². The zero-order valence-electron chi connectivity index (χ0n) is 9.88. The third kappa shape index (κ3) is 1.92. The topological polar surface area (TPSA) is 4.93 Å². The van der Waals surface area contributed by atoms with Gasteiger partial charge in [0.05, 0.1) is 0 Å². The van der Waals surface area contributed by atoms with Crippen LogP contribution in [0.5, 0.6) is 0 Å². The van der Waals surface area contributed by atoms with Crippen LogP contribution in [0.2, 0.25) is 0 Å². The maximum Gasteiger partial charge on any atom is 0.0483 e. The van der Waals surface area contributed by atoms with Gasteiger partial charge in [0.2, 0.25) is 0 Å². The van der Waals surface area contributed by atoms with Crippen LogP contribution in [0.3, 0.4) is 0 Å². The first-order valence-electron chi connectivity index (χ1n) is 5.78. The summed E-state index contributed by atoms with van der Waals surface area (Å²) in [5.74, 6) is 0. The average Bonchev–Trinajstić information content (AvgIpc) is 2.59. The summed E-state index contributed by atoms with van der Waals surface area (Å²) in [6, 6.07) is 6.81. The van der Waals surface area contributed by atoms with Crippen LogP contribution >= 0.6 is 0 Å². The molecule has 0 bridgehead atoms. The molecule has 0 amide bonds. The zero-order chi connectivity index (χ0) is 10.8. The van der Waals surface area contributed by atoms with Crippen molar-refractivity contribution in [3.05, 3.63) is 35.5 Å². The number of rotatable bonds is 3. The van der Waals surface area contributed by atoms with Crippen molar-refractivity contribution < 1.29 is 0 Å². The Morgan fingerprint density at radius 1 is 1.13 bits per heavy atom. The molecule has 0 atom stereocenters. The first-order chi connectivity index (χ1) is 7.22. The van der Waals surface area contributed by atoms with E-state index in [0.29, 0.717) is 0 Å². The van der Waals surface area contributed by atoms with E-state index in [-0.39, 0.29) is 0 Å². The van der Waals surface area contributed by atoms with Crippen molar-refractivity contribution in [2.75, 3.05) is 0 Å². The number of aryl methyl sites for hydroxylation is 3. The number of fused-ring (bicyclic) bond motifs is 1. The minimum Gasteiger partial charge on any atom is -0.347 e. The van der Waals surface area contributed by atoms with Crippen LogP contribution in [0.1, 0.15) is 30.9 Å². The Kier molecular flexibility index (Phi) is 2.81. The fourth-order valence-corrected chi connectivity index (χ4v) is 1.98. The van der Waals surface area contributed by atoms with E-state index in [1.165, 1.54) is 34.9 Å². The summed E-state index contributed by atoms with van der Waals surface area (Å²) >= 11 is 0. The van der Waals surface area contributed by atoms with Gasteiger partial charge in [0.1, 0.15) is 0 Å². The van der Waals surface area contributed by atoms with Crippen LogP contribution in [-0.4, -0.2) is 4.57 Å². The van der Waals surface area contributed by atoms with Crippen molar-refractivity contribution in [2.24, 2.45) is 0 Å². The van der Waals surface area contributed by atoms with E-state index in [4.69, 9.17) is 0 Å². The zero-order valence-corrected chi connectivity index (χ0v) is 9.88. The molecule has 0 spiro atoms. The molecule has 2 aromatic rings. The molecule has 0 aliphatic heterocycles. The van der Waals surface area contributed by atoms with Gasteiger partial charge in [-0.25, -0.2) is 0 Å². The van der Waals surface area contributed by atoms with Gasteiger partial charge in [-0.15, -0.1) is 0 Å². The Morgan fingerprint density at radius 2 is 1.87 bits per heavy atom. The van der Waals surface area contributed by atoms with E-state index in [1.54, 1.807) is 0 Å². The molecule has 0 N–H and O–H groups in total. The Balaban J connectivity index is 2.45. The van der Waals surface area contributed by atoms with Crippen LogP contribution < -0.4 is 0 Å². The predicted octanol–water partition coefficient (Wildman–Crippen LogP) is 4.06. The van der Waals surface area contributed by atoms with Crippen molar-refractivity contribution in [3.8, 4) is 0 Å². The summed E-state index contributed by atoms with van der Waals surface area (Å²) in [7, 11) is 0. The summed E-state index contributed by atoms with van der Waals surface area (Å²) in [4.78, 5) is 0. The molecule has 0 fully saturated rings. The average molecular weight is 201 g/mol. The predicted molar refractivity (Wildman–Crippen MR) is 66.3 cm³/mol. The highest BCUT2D eigenvalue weighted by atomic mass is 14.9. The van der Waals surface area contributed by atoms with Gasteiger partial charge in [0.15, 0.2) is 0 Å². The van der Waals surface area contributed by atoms with E-state index >= 15 is 0 Å². The normalized spacial score (nSPS) is 11.1. The summed E-state index contributed by atoms with van der Waals surface area (Å²) in [6.07, 6.45) is 4.72. The second-order valence-electron chi connectivity index (χ2n) is 4.36. The third-order valence-electron chi connectivity index (χ3n) is 3.14. The van der Waals surface area contributed by atoms with Gasteiger partial charge in [-0.1, -0.05) is 13.3 Å². The highest BCUT2D eigenvalue weighted by molar-refractivity contribution is 5.81. The van der Waals surface area contributed by atoms with Gasteiger partial charge < -0.3 is 4.57 Å². The van der Waals surface area contributed by atoms with Crippen LogP contribution in [0, 0.1) is 13.8 Å². The molecular weight excluding hydrogens is 182 g/mol. The van der Waals surface area contributed by atoms with Gasteiger partial charge >= 0.3 is 0 Å². The lowest BCUT2D eigenvalue weighted by Gasteiger charge is -2.06. The van der Waals surface area contributed by atoms with Crippen LogP contribution in [-0.2, 0) is 6.54 Å². The van der Waals surface area contributed by atoms with Crippen molar-refractivity contribution in [3.63, 3.8) is 0 Å². The van der Waals surface area contributed by atoms with Crippen LogP contribution in [0.25, 0.3) is 10.9 Å². The van der Waals surface area contributed by atoms with Gasteiger partial charge in [0, 0.05) is 18.3 Å². The van der Waals surface area contributed by atoms with E-state index in [0.717, 1.165) is 6.54 Å². The molecule has 1 aromatic carbocycles. The summed E-state index contributed by atoms with van der Waals surface area (Å²) in [5.41, 5.74) is 4.15. The van der Waals surface area contributed by atoms with Crippen molar-refractivity contribution in [2.45, 2.75) is 40.2 Å². The molecule has 0 saturated heterocycles. The van der Waals surface area contributed by atoms with Crippen LogP contribution in [0.4, 0.5) is 0 Å². The van der Waals surface area contributed by atoms with E-state index in [9.17, 15) is 0 Å². The molecule has 0 aliphatic rings. The fourth-order valence-electron chi connectivity index (χ4n) is 1.98. The van der Waals surface area contributed by atoms with Gasteiger partial charge in [-0.2, -0.15) is 0 Å². The highest BCUT2D eigenvalue weighted by Gasteiger charge is 2.02. The van der Waals surface area contributed by atoms with Crippen molar-refractivity contribution in [1.82, 2.24) is 4.57 Å². The smallest absolute Gasteiger partial charge is 0.0483 e. The number of unbranched alkanes of at least 4 members (excludes halogenated alkanes) is 1. The molecule has 15 heavy (non-hydrogen) atoms.